The highest BCUT2D eigenvalue weighted by molar-refractivity contribution is 5.36. The summed E-state index contributed by atoms with van der Waals surface area (Å²) in [5, 5.41) is 10.6. The standard InChI is InChI=1S/C23H20N4O3/c1-29-26-16-23(30-21-11-7-18(14-24)8-12-21)25(17-26)15-19-5-9-20(10-6-19)27-13-3-2-4-22(27)28/h2-13,16H,15,17H2,1H3. The lowest BCUT2D eigenvalue weighted by Crippen LogP contribution is -2.27. The molecule has 2 heterocycles. The van der Waals surface area contributed by atoms with Crippen molar-refractivity contribution in [2.24, 2.45) is 0 Å². The van der Waals surface area contributed by atoms with Crippen molar-refractivity contribution in [1.82, 2.24) is 14.5 Å². The lowest BCUT2D eigenvalue weighted by atomic mass is 10.2. The molecule has 4 rings (SSSR count). The molecule has 0 atom stereocenters. The van der Waals surface area contributed by atoms with Crippen molar-refractivity contribution in [3.8, 4) is 17.5 Å². The highest BCUT2D eigenvalue weighted by Crippen LogP contribution is 2.24. The Bertz CT molecular complexity index is 1140. The van der Waals surface area contributed by atoms with Gasteiger partial charge in [-0.2, -0.15) is 5.26 Å². The SMILES string of the molecule is CON1C=C(Oc2ccc(C#N)cc2)N(Cc2ccc(-n3ccccc3=O)cc2)C1. The van der Waals surface area contributed by atoms with Gasteiger partial charge in [-0.05, 0) is 48.0 Å². The molecule has 0 amide bonds. The summed E-state index contributed by atoms with van der Waals surface area (Å²) in [5.74, 6) is 1.28. The molecule has 3 aromatic rings. The zero-order valence-corrected chi connectivity index (χ0v) is 16.4. The average molecular weight is 400 g/mol. The molecule has 0 bridgehead atoms. The minimum Gasteiger partial charge on any atom is -0.439 e. The average Bonchev–Trinajstić information content (AvgIpc) is 3.16. The summed E-state index contributed by atoms with van der Waals surface area (Å²) >= 11 is 0. The maximum atomic E-state index is 12.0. The largest absolute Gasteiger partial charge is 0.439 e. The van der Waals surface area contributed by atoms with Crippen LogP contribution in [0, 0.1) is 11.3 Å². The molecule has 0 radical (unpaired) electrons. The molecule has 0 unspecified atom stereocenters. The van der Waals surface area contributed by atoms with E-state index in [1.54, 1.807) is 59.5 Å². The van der Waals surface area contributed by atoms with Gasteiger partial charge in [-0.15, -0.1) is 0 Å². The summed E-state index contributed by atoms with van der Waals surface area (Å²) in [4.78, 5) is 19.4. The van der Waals surface area contributed by atoms with Crippen LogP contribution in [-0.2, 0) is 11.4 Å². The van der Waals surface area contributed by atoms with E-state index in [2.05, 4.69) is 6.07 Å². The van der Waals surface area contributed by atoms with Gasteiger partial charge < -0.3 is 9.64 Å². The highest BCUT2D eigenvalue weighted by Gasteiger charge is 2.23. The minimum atomic E-state index is -0.0680. The van der Waals surface area contributed by atoms with Crippen molar-refractivity contribution in [1.29, 1.82) is 5.26 Å². The second-order valence-corrected chi connectivity index (χ2v) is 6.72. The van der Waals surface area contributed by atoms with Crippen LogP contribution in [0.5, 0.6) is 5.75 Å². The topological polar surface area (TPSA) is 70.7 Å². The highest BCUT2D eigenvalue weighted by atomic mass is 16.7. The van der Waals surface area contributed by atoms with Gasteiger partial charge in [0.05, 0.1) is 24.9 Å². The number of hydroxylamine groups is 2. The zero-order chi connectivity index (χ0) is 20.9. The third-order valence-corrected chi connectivity index (χ3v) is 4.73. The number of hydrogen-bond acceptors (Lipinski definition) is 6. The van der Waals surface area contributed by atoms with Crippen molar-refractivity contribution in [2.45, 2.75) is 6.54 Å². The summed E-state index contributed by atoms with van der Waals surface area (Å²) < 4.78 is 7.61. The Kier molecular flexibility index (Phi) is 5.50. The van der Waals surface area contributed by atoms with Gasteiger partial charge in [0, 0.05) is 24.5 Å². The number of ether oxygens (including phenoxy) is 1. The van der Waals surface area contributed by atoms with E-state index in [0.717, 1.165) is 11.3 Å². The predicted molar refractivity (Wildman–Crippen MR) is 111 cm³/mol. The van der Waals surface area contributed by atoms with E-state index in [-0.39, 0.29) is 5.56 Å². The molecule has 2 aromatic carbocycles. The number of rotatable bonds is 6. The predicted octanol–water partition coefficient (Wildman–Crippen LogP) is 3.22. The Balaban J connectivity index is 1.49. The normalized spacial score (nSPS) is 13.1. The summed E-state index contributed by atoms with van der Waals surface area (Å²) in [6.45, 7) is 1.12. The van der Waals surface area contributed by atoms with E-state index in [0.29, 0.717) is 30.4 Å². The summed E-state index contributed by atoms with van der Waals surface area (Å²) in [7, 11) is 1.60. The minimum absolute atomic E-state index is 0.0680. The fraction of sp³-hybridized carbons (Fsp3) is 0.130. The molecule has 30 heavy (non-hydrogen) atoms. The Morgan fingerprint density at radius 1 is 1.03 bits per heavy atom. The smallest absolute Gasteiger partial charge is 0.255 e. The third-order valence-electron chi connectivity index (χ3n) is 4.73. The van der Waals surface area contributed by atoms with Crippen LogP contribution in [0.25, 0.3) is 5.69 Å². The molecule has 1 aliphatic heterocycles. The third kappa shape index (κ3) is 4.19. The second kappa shape index (κ2) is 8.55. The molecule has 0 saturated heterocycles. The molecule has 0 N–H and O–H groups in total. The quantitative estimate of drug-likeness (QED) is 0.633. The molecule has 0 fully saturated rings. The van der Waals surface area contributed by atoms with Crippen molar-refractivity contribution in [3.63, 3.8) is 0 Å². The van der Waals surface area contributed by atoms with Gasteiger partial charge >= 0.3 is 0 Å². The van der Waals surface area contributed by atoms with Crippen LogP contribution >= 0.6 is 0 Å². The Morgan fingerprint density at radius 2 is 1.80 bits per heavy atom. The zero-order valence-electron chi connectivity index (χ0n) is 16.4. The van der Waals surface area contributed by atoms with Gasteiger partial charge in [0.15, 0.2) is 0 Å². The van der Waals surface area contributed by atoms with Crippen LogP contribution in [0.1, 0.15) is 11.1 Å². The Labute approximate surface area is 174 Å². The Hall–Kier alpha value is -4.02. The number of benzene rings is 2. The first-order chi connectivity index (χ1) is 14.7. The van der Waals surface area contributed by atoms with Gasteiger partial charge in [0.2, 0.25) is 5.88 Å². The Morgan fingerprint density at radius 3 is 2.47 bits per heavy atom. The van der Waals surface area contributed by atoms with Crippen molar-refractivity contribution in [2.75, 3.05) is 13.8 Å². The molecule has 7 heteroatoms. The van der Waals surface area contributed by atoms with Crippen LogP contribution in [0.4, 0.5) is 0 Å². The molecule has 0 aliphatic carbocycles. The number of nitriles is 1. The fourth-order valence-electron chi connectivity index (χ4n) is 3.15. The maximum Gasteiger partial charge on any atom is 0.255 e. The molecular weight excluding hydrogens is 380 g/mol. The van der Waals surface area contributed by atoms with Gasteiger partial charge in [-0.1, -0.05) is 18.2 Å². The molecule has 1 aliphatic rings. The van der Waals surface area contributed by atoms with Gasteiger partial charge in [0.25, 0.3) is 5.56 Å². The summed E-state index contributed by atoms with van der Waals surface area (Å²) in [6, 6.07) is 22.0. The molecule has 7 nitrogen and oxygen atoms in total. The van der Waals surface area contributed by atoms with Crippen molar-refractivity contribution in [3.05, 3.63) is 106 Å². The van der Waals surface area contributed by atoms with Gasteiger partial charge in [0.1, 0.15) is 12.4 Å². The van der Waals surface area contributed by atoms with Crippen LogP contribution in [0.15, 0.2) is 89.8 Å². The summed E-state index contributed by atoms with van der Waals surface area (Å²) in [5.41, 5.74) is 2.39. The molecule has 0 saturated carbocycles. The molecular formula is C23H20N4O3. The van der Waals surface area contributed by atoms with Crippen LogP contribution in [0.2, 0.25) is 0 Å². The first kappa shape index (κ1) is 19.3. The van der Waals surface area contributed by atoms with Crippen molar-refractivity contribution >= 4 is 0 Å². The van der Waals surface area contributed by atoms with Gasteiger partial charge in [-0.25, -0.2) is 5.06 Å². The van der Waals surface area contributed by atoms with E-state index < -0.39 is 0 Å². The van der Waals surface area contributed by atoms with Crippen molar-refractivity contribution < 1.29 is 9.57 Å². The van der Waals surface area contributed by atoms with E-state index in [1.807, 2.05) is 35.2 Å². The van der Waals surface area contributed by atoms with Crippen LogP contribution in [-0.4, -0.2) is 28.3 Å². The molecule has 150 valence electrons. The first-order valence-electron chi connectivity index (χ1n) is 9.39. The van der Waals surface area contributed by atoms with E-state index in [1.165, 1.54) is 6.07 Å². The van der Waals surface area contributed by atoms with E-state index in [4.69, 9.17) is 14.8 Å². The van der Waals surface area contributed by atoms with E-state index in [9.17, 15) is 4.79 Å². The van der Waals surface area contributed by atoms with Gasteiger partial charge in [-0.3, -0.25) is 14.2 Å². The number of hydrogen-bond donors (Lipinski definition) is 0. The summed E-state index contributed by atoms with van der Waals surface area (Å²) in [6.07, 6.45) is 3.54. The second-order valence-electron chi connectivity index (χ2n) is 6.72. The van der Waals surface area contributed by atoms with Crippen LogP contribution in [0.3, 0.4) is 0 Å². The van der Waals surface area contributed by atoms with E-state index >= 15 is 0 Å². The lowest BCUT2D eigenvalue weighted by Gasteiger charge is -2.22. The lowest BCUT2D eigenvalue weighted by molar-refractivity contribution is -0.0995. The monoisotopic (exact) mass is 400 g/mol. The first-order valence-corrected chi connectivity index (χ1v) is 9.39. The fourth-order valence-corrected chi connectivity index (χ4v) is 3.15. The van der Waals surface area contributed by atoms with Crippen LogP contribution < -0.4 is 10.3 Å². The molecule has 1 aromatic heterocycles. The maximum absolute atomic E-state index is 12.0. The molecule has 0 spiro atoms. The number of aromatic nitrogens is 1. The number of pyridine rings is 1. The number of nitrogens with zero attached hydrogens (tertiary/aromatic N) is 4.